The van der Waals surface area contributed by atoms with Crippen LogP contribution in [0.3, 0.4) is 0 Å². The molecule has 1 N–H and O–H groups in total. The minimum atomic E-state index is -0.484. The first-order chi connectivity index (χ1) is 17.7. The lowest BCUT2D eigenvalue weighted by Gasteiger charge is -2.41. The van der Waals surface area contributed by atoms with Crippen molar-refractivity contribution >= 4 is 12.1 Å². The normalized spacial score (nSPS) is 23.4. The molecule has 3 fully saturated rings. The Labute approximate surface area is 222 Å². The highest BCUT2D eigenvalue weighted by Gasteiger charge is 2.43. The molecule has 3 aliphatic heterocycles. The van der Waals surface area contributed by atoms with E-state index in [1.165, 1.54) is 5.56 Å². The first kappa shape index (κ1) is 27.7. The van der Waals surface area contributed by atoms with E-state index in [-0.39, 0.29) is 24.2 Å². The first-order valence-corrected chi connectivity index (χ1v) is 14.1. The van der Waals surface area contributed by atoms with Gasteiger partial charge in [-0.15, -0.1) is 0 Å². The first-order valence-electron chi connectivity index (χ1n) is 14.1. The molecular formula is C29H46N4O4. The zero-order valence-electron chi connectivity index (χ0n) is 23.2. The molecule has 206 valence electrons. The molecule has 4 rings (SSSR count). The number of rotatable bonds is 8. The highest BCUT2D eigenvalue weighted by Crippen LogP contribution is 2.36. The van der Waals surface area contributed by atoms with Crippen LogP contribution >= 0.6 is 0 Å². The molecule has 1 unspecified atom stereocenters. The van der Waals surface area contributed by atoms with E-state index >= 15 is 0 Å². The van der Waals surface area contributed by atoms with Crippen molar-refractivity contribution in [1.82, 2.24) is 20.0 Å². The summed E-state index contributed by atoms with van der Waals surface area (Å²) in [4.78, 5) is 32.5. The smallest absolute Gasteiger partial charge is 0.407 e. The second-order valence-corrected chi connectivity index (χ2v) is 11.9. The number of hydrogen-bond donors (Lipinski definition) is 1. The van der Waals surface area contributed by atoms with Gasteiger partial charge in [-0.3, -0.25) is 0 Å². The number of nitrogens with zero attached hydrogens (tertiary/aromatic N) is 3. The molecular weight excluding hydrogens is 468 g/mol. The van der Waals surface area contributed by atoms with Crippen molar-refractivity contribution in [2.75, 3.05) is 45.9 Å². The number of nitrogens with one attached hydrogen (secondary N) is 1. The molecule has 0 bridgehead atoms. The van der Waals surface area contributed by atoms with Gasteiger partial charge in [0.25, 0.3) is 0 Å². The summed E-state index contributed by atoms with van der Waals surface area (Å²) >= 11 is 0. The maximum atomic E-state index is 13.7. The summed E-state index contributed by atoms with van der Waals surface area (Å²) in [6.07, 6.45) is 4.55. The van der Waals surface area contributed by atoms with Gasteiger partial charge in [-0.2, -0.15) is 0 Å². The number of urea groups is 1. The van der Waals surface area contributed by atoms with Crippen molar-refractivity contribution in [2.45, 2.75) is 83.5 Å². The minimum Gasteiger partial charge on any atom is -0.444 e. The monoisotopic (exact) mass is 514 g/mol. The van der Waals surface area contributed by atoms with E-state index in [2.05, 4.69) is 51.2 Å². The summed E-state index contributed by atoms with van der Waals surface area (Å²) in [6, 6.07) is 11.5. The van der Waals surface area contributed by atoms with Crippen LogP contribution in [0.5, 0.6) is 0 Å². The van der Waals surface area contributed by atoms with E-state index in [0.29, 0.717) is 18.5 Å². The maximum Gasteiger partial charge on any atom is 0.407 e. The Morgan fingerprint density at radius 2 is 1.78 bits per heavy atom. The summed E-state index contributed by atoms with van der Waals surface area (Å²) in [5, 5.41) is 2.88. The number of benzene rings is 1. The molecule has 0 spiro atoms. The molecule has 2 atom stereocenters. The van der Waals surface area contributed by atoms with E-state index in [1.54, 1.807) is 0 Å². The van der Waals surface area contributed by atoms with Crippen LogP contribution in [-0.4, -0.2) is 90.4 Å². The lowest BCUT2D eigenvalue weighted by molar-refractivity contribution is 0.0517. The van der Waals surface area contributed by atoms with Gasteiger partial charge >= 0.3 is 12.1 Å². The Hall–Kier alpha value is -2.32. The summed E-state index contributed by atoms with van der Waals surface area (Å²) in [5.41, 5.74) is 0.747. The van der Waals surface area contributed by atoms with Crippen molar-refractivity contribution in [1.29, 1.82) is 0 Å². The lowest BCUT2D eigenvalue weighted by Crippen LogP contribution is -2.49. The Morgan fingerprint density at radius 3 is 2.43 bits per heavy atom. The number of hydrogen-bond acceptors (Lipinski definition) is 5. The van der Waals surface area contributed by atoms with Gasteiger partial charge < -0.3 is 29.5 Å². The van der Waals surface area contributed by atoms with Gasteiger partial charge in [0, 0.05) is 58.0 Å². The number of carbonyl (C=O) groups excluding carboxylic acids is 2. The van der Waals surface area contributed by atoms with Gasteiger partial charge in [0.05, 0.1) is 6.04 Å². The second-order valence-electron chi connectivity index (χ2n) is 11.9. The fourth-order valence-electron chi connectivity index (χ4n) is 5.90. The van der Waals surface area contributed by atoms with Crippen LogP contribution in [-0.2, 0) is 9.47 Å². The number of piperidine rings is 1. The van der Waals surface area contributed by atoms with Crippen LogP contribution in [0.1, 0.15) is 71.4 Å². The standard InChI is InChI=1S/C29H46N4O4/c1-22(10-15-30-27(34)37-29(2,3)4)31-16-11-25(12-17-31)33-26(24-8-6-5-7-9-24)21-32(28(33)35)20-23-13-18-36-19-14-23/h5-9,22-23,25-26H,10-21H2,1-4H3,(H,30,34)/t22?,26-/m0/s1. The molecule has 0 radical (unpaired) electrons. The average Bonchev–Trinajstić information content (AvgIpc) is 3.20. The van der Waals surface area contributed by atoms with E-state index in [4.69, 9.17) is 9.47 Å². The number of ether oxygens (including phenoxy) is 2. The van der Waals surface area contributed by atoms with Crippen LogP contribution in [0, 0.1) is 5.92 Å². The number of amides is 3. The zero-order valence-corrected chi connectivity index (χ0v) is 23.2. The van der Waals surface area contributed by atoms with Crippen LogP contribution in [0.4, 0.5) is 9.59 Å². The number of alkyl carbamates (subject to hydrolysis) is 1. The SMILES string of the molecule is CC(CCNC(=O)OC(C)(C)C)N1CCC(N2C(=O)N(CC3CCOCC3)C[C@H]2c2ccccc2)CC1. The third-order valence-corrected chi connectivity index (χ3v) is 7.97. The topological polar surface area (TPSA) is 74.4 Å². The van der Waals surface area contributed by atoms with Gasteiger partial charge in [0.15, 0.2) is 0 Å². The van der Waals surface area contributed by atoms with Gasteiger partial charge in [-0.25, -0.2) is 9.59 Å². The lowest BCUT2D eigenvalue weighted by atomic mass is 9.97. The van der Waals surface area contributed by atoms with Crippen molar-refractivity contribution in [3.8, 4) is 0 Å². The predicted octanol–water partition coefficient (Wildman–Crippen LogP) is 4.66. The Bertz CT molecular complexity index is 876. The van der Waals surface area contributed by atoms with Crippen LogP contribution in [0.15, 0.2) is 30.3 Å². The molecule has 3 saturated heterocycles. The van der Waals surface area contributed by atoms with E-state index < -0.39 is 5.60 Å². The molecule has 3 amide bonds. The van der Waals surface area contributed by atoms with Crippen LogP contribution in [0.25, 0.3) is 0 Å². The molecule has 37 heavy (non-hydrogen) atoms. The Kier molecular flexibility index (Phi) is 9.35. The Balaban J connectivity index is 1.32. The van der Waals surface area contributed by atoms with Crippen molar-refractivity contribution in [2.24, 2.45) is 5.92 Å². The van der Waals surface area contributed by atoms with E-state index in [1.807, 2.05) is 26.8 Å². The number of likely N-dealkylation sites (tertiary alicyclic amines) is 1. The van der Waals surface area contributed by atoms with E-state index in [9.17, 15) is 9.59 Å². The van der Waals surface area contributed by atoms with Crippen LogP contribution < -0.4 is 5.32 Å². The zero-order chi connectivity index (χ0) is 26.4. The fourth-order valence-corrected chi connectivity index (χ4v) is 5.90. The largest absolute Gasteiger partial charge is 0.444 e. The predicted molar refractivity (Wildman–Crippen MR) is 144 cm³/mol. The summed E-state index contributed by atoms with van der Waals surface area (Å²) in [6.45, 7) is 13.6. The second kappa shape index (κ2) is 12.5. The molecule has 3 aliphatic rings. The quantitative estimate of drug-likeness (QED) is 0.546. The molecule has 1 aromatic carbocycles. The Morgan fingerprint density at radius 1 is 1.11 bits per heavy atom. The maximum absolute atomic E-state index is 13.7. The molecule has 3 heterocycles. The minimum absolute atomic E-state index is 0.112. The van der Waals surface area contributed by atoms with Crippen LogP contribution in [0.2, 0.25) is 0 Å². The summed E-state index contributed by atoms with van der Waals surface area (Å²) in [7, 11) is 0. The number of carbonyl (C=O) groups is 2. The molecule has 0 aromatic heterocycles. The molecule has 1 aromatic rings. The van der Waals surface area contributed by atoms with E-state index in [0.717, 1.165) is 71.5 Å². The van der Waals surface area contributed by atoms with Crippen molar-refractivity contribution in [3.63, 3.8) is 0 Å². The van der Waals surface area contributed by atoms with Crippen molar-refractivity contribution in [3.05, 3.63) is 35.9 Å². The van der Waals surface area contributed by atoms with Gasteiger partial charge in [-0.05, 0) is 71.3 Å². The highest BCUT2D eigenvalue weighted by molar-refractivity contribution is 5.78. The van der Waals surface area contributed by atoms with Gasteiger partial charge in [0.2, 0.25) is 0 Å². The average molecular weight is 515 g/mol. The molecule has 0 saturated carbocycles. The third-order valence-electron chi connectivity index (χ3n) is 7.97. The highest BCUT2D eigenvalue weighted by atomic mass is 16.6. The molecule has 8 heteroatoms. The molecule has 0 aliphatic carbocycles. The van der Waals surface area contributed by atoms with Gasteiger partial charge in [-0.1, -0.05) is 30.3 Å². The van der Waals surface area contributed by atoms with Gasteiger partial charge in [0.1, 0.15) is 5.60 Å². The fraction of sp³-hybridized carbons (Fsp3) is 0.724. The summed E-state index contributed by atoms with van der Waals surface area (Å²) < 4.78 is 10.9. The van der Waals surface area contributed by atoms with Crippen molar-refractivity contribution < 1.29 is 19.1 Å². The molecule has 8 nitrogen and oxygen atoms in total. The summed E-state index contributed by atoms with van der Waals surface area (Å²) in [5.74, 6) is 0.533. The third kappa shape index (κ3) is 7.60.